The number of benzene rings is 3. The molecule has 2 nitrogen and oxygen atoms in total. The molecule has 0 saturated heterocycles. The lowest BCUT2D eigenvalue weighted by Crippen LogP contribution is -2.09. The molecule has 0 amide bonds. The summed E-state index contributed by atoms with van der Waals surface area (Å²) in [5.74, 6) is 0. The third-order valence-electron chi connectivity index (χ3n) is 4.07. The number of alkyl halides is 1. The SMILES string of the molecule is Cc1ccc([S@](=O)c2ccccc2[C@H](F)[C@H](O)c2ccccc2)cc1. The minimum atomic E-state index is -1.66. The van der Waals surface area contributed by atoms with Crippen LogP contribution in [0, 0.1) is 6.92 Å². The first-order valence-corrected chi connectivity index (χ1v) is 9.17. The lowest BCUT2D eigenvalue weighted by Gasteiger charge is -2.19. The summed E-state index contributed by atoms with van der Waals surface area (Å²) in [4.78, 5) is 0.994. The fourth-order valence-corrected chi connectivity index (χ4v) is 3.89. The fraction of sp³-hybridized carbons (Fsp3) is 0.143. The quantitative estimate of drug-likeness (QED) is 0.707. The number of aryl methyl sites for hydroxylation is 1. The minimum absolute atomic E-state index is 0.248. The van der Waals surface area contributed by atoms with Crippen LogP contribution in [0.4, 0.5) is 4.39 Å². The molecule has 3 atom stereocenters. The van der Waals surface area contributed by atoms with Crippen molar-refractivity contribution in [1.29, 1.82) is 0 Å². The Kier molecular flexibility index (Phi) is 5.41. The minimum Gasteiger partial charge on any atom is -0.385 e. The number of halogens is 1. The van der Waals surface area contributed by atoms with Crippen LogP contribution in [0.3, 0.4) is 0 Å². The van der Waals surface area contributed by atoms with Gasteiger partial charge in [-0.1, -0.05) is 66.2 Å². The Morgan fingerprint density at radius 2 is 1.48 bits per heavy atom. The van der Waals surface area contributed by atoms with Crippen LogP contribution in [0.25, 0.3) is 0 Å². The second-order valence-electron chi connectivity index (χ2n) is 5.88. The molecule has 128 valence electrons. The van der Waals surface area contributed by atoms with Crippen LogP contribution in [-0.2, 0) is 10.8 Å². The maximum absolute atomic E-state index is 15.0. The van der Waals surface area contributed by atoms with Gasteiger partial charge in [0.05, 0.1) is 10.8 Å². The normalized spacial score (nSPS) is 14.7. The molecular formula is C21H19FO2S. The van der Waals surface area contributed by atoms with Gasteiger partial charge in [-0.2, -0.15) is 0 Å². The Hall–Kier alpha value is -2.30. The standard InChI is InChI=1S/C21H19FO2S/c1-15-11-13-17(14-12-15)25(24)19-10-6-5-9-18(19)20(22)21(23)16-7-3-2-4-8-16/h2-14,20-21,23H,1H3/t20-,21+,25-/m0/s1. The Balaban J connectivity index is 1.95. The van der Waals surface area contributed by atoms with Gasteiger partial charge in [0.1, 0.15) is 6.10 Å². The highest BCUT2D eigenvalue weighted by molar-refractivity contribution is 7.85. The molecule has 0 aromatic heterocycles. The van der Waals surface area contributed by atoms with E-state index in [1.54, 1.807) is 60.7 Å². The average Bonchev–Trinajstić information content (AvgIpc) is 2.67. The molecule has 0 saturated carbocycles. The molecule has 0 spiro atoms. The van der Waals surface area contributed by atoms with Gasteiger partial charge < -0.3 is 5.11 Å². The topological polar surface area (TPSA) is 37.3 Å². The zero-order valence-corrected chi connectivity index (χ0v) is 14.6. The highest BCUT2D eigenvalue weighted by atomic mass is 32.2. The zero-order chi connectivity index (χ0) is 17.8. The van der Waals surface area contributed by atoms with Crippen LogP contribution in [-0.4, -0.2) is 9.32 Å². The summed E-state index contributed by atoms with van der Waals surface area (Å²) in [6.07, 6.45) is -2.97. The second-order valence-corrected chi connectivity index (χ2v) is 7.33. The molecule has 3 aromatic rings. The molecule has 0 unspecified atom stereocenters. The van der Waals surface area contributed by atoms with Gasteiger partial charge in [-0.3, -0.25) is 0 Å². The molecule has 4 heteroatoms. The molecule has 0 radical (unpaired) electrons. The lowest BCUT2D eigenvalue weighted by molar-refractivity contribution is 0.0760. The van der Waals surface area contributed by atoms with Crippen molar-refractivity contribution in [2.24, 2.45) is 0 Å². The molecule has 0 aliphatic rings. The van der Waals surface area contributed by atoms with Gasteiger partial charge in [-0.25, -0.2) is 8.60 Å². The first-order valence-electron chi connectivity index (χ1n) is 8.02. The molecule has 0 heterocycles. The van der Waals surface area contributed by atoms with Gasteiger partial charge in [0.2, 0.25) is 0 Å². The van der Waals surface area contributed by atoms with Crippen molar-refractivity contribution in [3.05, 3.63) is 95.6 Å². The van der Waals surface area contributed by atoms with Crippen molar-refractivity contribution in [3.63, 3.8) is 0 Å². The van der Waals surface area contributed by atoms with E-state index in [1.807, 2.05) is 25.1 Å². The zero-order valence-electron chi connectivity index (χ0n) is 13.8. The predicted molar refractivity (Wildman–Crippen MR) is 97.5 cm³/mol. The molecule has 0 aliphatic heterocycles. The van der Waals surface area contributed by atoms with Gasteiger partial charge >= 0.3 is 0 Å². The highest BCUT2D eigenvalue weighted by Gasteiger charge is 2.26. The maximum atomic E-state index is 15.0. The summed E-state index contributed by atoms with van der Waals surface area (Å²) in [5, 5.41) is 10.4. The molecule has 1 N–H and O–H groups in total. The maximum Gasteiger partial charge on any atom is 0.156 e. The Morgan fingerprint density at radius 3 is 2.16 bits per heavy atom. The third kappa shape index (κ3) is 3.86. The molecule has 0 aliphatic carbocycles. The van der Waals surface area contributed by atoms with Gasteiger partial charge in [0.15, 0.2) is 6.17 Å². The second kappa shape index (κ2) is 7.72. The van der Waals surface area contributed by atoms with E-state index in [0.717, 1.165) is 5.56 Å². The van der Waals surface area contributed by atoms with E-state index in [9.17, 15) is 9.32 Å². The number of aliphatic hydroxyl groups is 1. The van der Waals surface area contributed by atoms with Gasteiger partial charge in [-0.05, 0) is 30.7 Å². The first-order chi connectivity index (χ1) is 12.1. The van der Waals surface area contributed by atoms with Crippen molar-refractivity contribution in [3.8, 4) is 0 Å². The summed E-state index contributed by atoms with van der Waals surface area (Å²) in [6, 6.07) is 22.6. The molecular weight excluding hydrogens is 335 g/mol. The average molecular weight is 354 g/mol. The number of aliphatic hydroxyl groups excluding tert-OH is 1. The predicted octanol–water partition coefficient (Wildman–Crippen LogP) is 4.91. The van der Waals surface area contributed by atoms with E-state index in [1.165, 1.54) is 0 Å². The van der Waals surface area contributed by atoms with Crippen LogP contribution in [0.1, 0.15) is 29.0 Å². The summed E-state index contributed by atoms with van der Waals surface area (Å²) >= 11 is 0. The summed E-state index contributed by atoms with van der Waals surface area (Å²) in [7, 11) is -1.51. The first kappa shape index (κ1) is 17.5. The van der Waals surface area contributed by atoms with Gasteiger partial charge in [0, 0.05) is 15.4 Å². The van der Waals surface area contributed by atoms with E-state index < -0.39 is 23.1 Å². The molecule has 3 rings (SSSR count). The number of rotatable bonds is 5. The van der Waals surface area contributed by atoms with Crippen molar-refractivity contribution >= 4 is 10.8 Å². The van der Waals surface area contributed by atoms with Crippen LogP contribution in [0.15, 0.2) is 88.7 Å². The van der Waals surface area contributed by atoms with Crippen molar-refractivity contribution < 1.29 is 13.7 Å². The van der Waals surface area contributed by atoms with Crippen molar-refractivity contribution in [1.82, 2.24) is 0 Å². The van der Waals surface area contributed by atoms with Gasteiger partial charge in [-0.15, -0.1) is 0 Å². The Labute approximate surface area is 149 Å². The highest BCUT2D eigenvalue weighted by Crippen LogP contribution is 2.36. The molecule has 0 bridgehead atoms. The Morgan fingerprint density at radius 1 is 0.880 bits per heavy atom. The third-order valence-corrected chi connectivity index (χ3v) is 5.54. The van der Waals surface area contributed by atoms with Gasteiger partial charge in [0.25, 0.3) is 0 Å². The number of hydrogen-bond acceptors (Lipinski definition) is 2. The molecule has 3 aromatic carbocycles. The van der Waals surface area contributed by atoms with Crippen LogP contribution in [0.2, 0.25) is 0 Å². The lowest BCUT2D eigenvalue weighted by atomic mass is 9.99. The van der Waals surface area contributed by atoms with E-state index >= 15 is 4.39 Å². The van der Waals surface area contributed by atoms with E-state index in [4.69, 9.17) is 0 Å². The fourth-order valence-electron chi connectivity index (χ4n) is 2.66. The van der Waals surface area contributed by atoms with Crippen molar-refractivity contribution in [2.45, 2.75) is 29.0 Å². The van der Waals surface area contributed by atoms with E-state index in [2.05, 4.69) is 0 Å². The Bertz CT molecular complexity index is 863. The van der Waals surface area contributed by atoms with Crippen LogP contribution >= 0.6 is 0 Å². The monoisotopic (exact) mass is 354 g/mol. The summed E-state index contributed by atoms with van der Waals surface area (Å²) in [6.45, 7) is 1.95. The van der Waals surface area contributed by atoms with Crippen molar-refractivity contribution in [2.75, 3.05) is 0 Å². The molecule has 0 fully saturated rings. The smallest absolute Gasteiger partial charge is 0.156 e. The van der Waals surface area contributed by atoms with E-state index in [0.29, 0.717) is 15.4 Å². The molecule has 25 heavy (non-hydrogen) atoms. The van der Waals surface area contributed by atoms with E-state index in [-0.39, 0.29) is 5.56 Å². The van der Waals surface area contributed by atoms with Crippen LogP contribution in [0.5, 0.6) is 0 Å². The van der Waals surface area contributed by atoms with Crippen LogP contribution < -0.4 is 0 Å². The summed E-state index contributed by atoms with van der Waals surface area (Å²) in [5.41, 5.74) is 1.81. The largest absolute Gasteiger partial charge is 0.385 e. The summed E-state index contributed by atoms with van der Waals surface area (Å²) < 4.78 is 27.9. The number of hydrogen-bond donors (Lipinski definition) is 1.